The average molecular weight is 741 g/mol. The number of phenolic OH excluding ortho intramolecular Hbond substituents is 1. The quantitative estimate of drug-likeness (QED) is 0.143. The molecule has 55 heavy (non-hydrogen) atoms. The van der Waals surface area contributed by atoms with Crippen molar-refractivity contribution in [1.82, 2.24) is 20.1 Å². The molecule has 286 valence electrons. The third-order valence-corrected chi connectivity index (χ3v) is 11.5. The molecule has 3 aliphatic rings. The molecule has 7 rings (SSSR count). The van der Waals surface area contributed by atoms with Crippen molar-refractivity contribution in [3.8, 4) is 5.75 Å². The average Bonchev–Trinajstić information content (AvgIpc) is 3.21. The van der Waals surface area contributed by atoms with Gasteiger partial charge in [-0.3, -0.25) is 24.6 Å². The lowest BCUT2D eigenvalue weighted by Crippen LogP contribution is -2.53. The SMILES string of the molecule is CC/C(=C(\c1ccc(O)cc1)c1ccc(N2CCC(CN3CCN(c4cccc(CC(=O)N(C)C5CCC(=O)NC5=O)n4)CC3)CC2)cc1)c1ccccc1. The van der Waals surface area contributed by atoms with Crippen molar-refractivity contribution >= 4 is 40.4 Å². The van der Waals surface area contributed by atoms with E-state index >= 15 is 0 Å². The molecule has 3 aliphatic heterocycles. The van der Waals surface area contributed by atoms with Crippen molar-refractivity contribution < 1.29 is 19.5 Å². The fourth-order valence-corrected chi connectivity index (χ4v) is 8.29. The van der Waals surface area contributed by atoms with Crippen molar-refractivity contribution in [2.45, 2.75) is 51.5 Å². The van der Waals surface area contributed by atoms with Crippen molar-refractivity contribution in [3.05, 3.63) is 119 Å². The summed E-state index contributed by atoms with van der Waals surface area (Å²) >= 11 is 0. The van der Waals surface area contributed by atoms with E-state index < -0.39 is 11.9 Å². The molecule has 1 unspecified atom stereocenters. The molecular weight excluding hydrogens is 689 g/mol. The Labute approximate surface area is 324 Å². The van der Waals surface area contributed by atoms with Crippen LogP contribution in [0.4, 0.5) is 11.5 Å². The maximum absolute atomic E-state index is 13.0. The first-order valence-corrected chi connectivity index (χ1v) is 19.7. The van der Waals surface area contributed by atoms with Crippen molar-refractivity contribution in [3.63, 3.8) is 0 Å². The van der Waals surface area contributed by atoms with E-state index in [9.17, 15) is 19.5 Å². The first kappa shape index (κ1) is 37.8. The number of rotatable bonds is 11. The number of nitrogens with zero attached hydrogens (tertiary/aromatic N) is 5. The molecule has 10 nitrogen and oxygen atoms in total. The lowest BCUT2D eigenvalue weighted by molar-refractivity contribution is -0.144. The third-order valence-electron chi connectivity index (χ3n) is 11.5. The summed E-state index contributed by atoms with van der Waals surface area (Å²) in [7, 11) is 1.62. The van der Waals surface area contributed by atoms with Crippen LogP contribution in [-0.2, 0) is 20.8 Å². The van der Waals surface area contributed by atoms with Gasteiger partial charge >= 0.3 is 0 Å². The van der Waals surface area contributed by atoms with Gasteiger partial charge in [-0.25, -0.2) is 4.98 Å². The first-order chi connectivity index (χ1) is 26.7. The number of benzene rings is 3. The van der Waals surface area contributed by atoms with Crippen LogP contribution in [0.3, 0.4) is 0 Å². The largest absolute Gasteiger partial charge is 0.508 e. The number of anilines is 2. The number of piperidine rings is 2. The van der Waals surface area contributed by atoms with E-state index in [4.69, 9.17) is 4.98 Å². The van der Waals surface area contributed by atoms with Crippen LogP contribution in [-0.4, -0.2) is 96.5 Å². The third kappa shape index (κ3) is 9.08. The highest BCUT2D eigenvalue weighted by molar-refractivity contribution is 6.02. The zero-order valence-electron chi connectivity index (χ0n) is 32.0. The van der Waals surface area contributed by atoms with Crippen LogP contribution in [0.1, 0.15) is 61.4 Å². The van der Waals surface area contributed by atoms with Gasteiger partial charge in [0, 0.05) is 65.0 Å². The Morgan fingerprint density at radius 2 is 1.45 bits per heavy atom. The number of pyridine rings is 1. The molecule has 2 N–H and O–H groups in total. The number of carbonyl (C=O) groups is 3. The fraction of sp³-hybridized carbons (Fsp3) is 0.378. The van der Waals surface area contributed by atoms with Crippen LogP contribution >= 0.6 is 0 Å². The van der Waals surface area contributed by atoms with Gasteiger partial charge in [0.2, 0.25) is 17.7 Å². The van der Waals surface area contributed by atoms with Gasteiger partial charge in [0.1, 0.15) is 17.6 Å². The monoisotopic (exact) mass is 740 g/mol. The molecule has 3 aromatic carbocycles. The Bertz CT molecular complexity index is 1980. The number of piperazine rings is 1. The Hall–Kier alpha value is -5.48. The zero-order valence-corrected chi connectivity index (χ0v) is 32.0. The van der Waals surface area contributed by atoms with Crippen LogP contribution in [0.2, 0.25) is 0 Å². The minimum absolute atomic E-state index is 0.108. The van der Waals surface area contributed by atoms with Gasteiger partial charge in [-0.1, -0.05) is 67.6 Å². The second-order valence-corrected chi connectivity index (χ2v) is 15.0. The molecule has 1 aromatic heterocycles. The number of hydrogen-bond acceptors (Lipinski definition) is 8. The Balaban J connectivity index is 0.907. The van der Waals surface area contributed by atoms with E-state index in [0.29, 0.717) is 18.0 Å². The van der Waals surface area contributed by atoms with E-state index in [2.05, 4.69) is 81.5 Å². The van der Waals surface area contributed by atoms with Gasteiger partial charge < -0.3 is 19.8 Å². The van der Waals surface area contributed by atoms with Crippen LogP contribution in [0.5, 0.6) is 5.75 Å². The molecule has 10 heteroatoms. The molecule has 3 fully saturated rings. The molecule has 3 amide bonds. The smallest absolute Gasteiger partial charge is 0.249 e. The van der Waals surface area contributed by atoms with E-state index in [0.717, 1.165) is 63.6 Å². The summed E-state index contributed by atoms with van der Waals surface area (Å²) in [6, 6.07) is 32.4. The van der Waals surface area contributed by atoms with Gasteiger partial charge in [-0.2, -0.15) is 0 Å². The second-order valence-electron chi connectivity index (χ2n) is 15.0. The summed E-state index contributed by atoms with van der Waals surface area (Å²) in [6.07, 6.45) is 3.91. The number of aromatic nitrogens is 1. The standard InChI is InChI=1S/C45H52N6O4/c1-3-39(33-8-5-4-6-9-33)44(35-14-18-38(52)19-15-35)34-12-16-37(17-13-34)50-24-22-32(23-25-50)31-49-26-28-51(29-27-49)41-11-7-10-36(46-41)30-43(54)48(2)40-20-21-42(53)47-45(40)55/h4-19,32,40,52H,3,20-31H2,1-2H3,(H,47,53,55)/b44-39+. The summed E-state index contributed by atoms with van der Waals surface area (Å²) in [5, 5.41) is 12.3. The summed E-state index contributed by atoms with van der Waals surface area (Å²) in [5.41, 5.74) is 7.92. The predicted octanol–water partition coefficient (Wildman–Crippen LogP) is 6.00. The highest BCUT2D eigenvalue weighted by Crippen LogP contribution is 2.36. The van der Waals surface area contributed by atoms with Crippen LogP contribution in [0, 0.1) is 5.92 Å². The van der Waals surface area contributed by atoms with Crippen LogP contribution in [0.15, 0.2) is 97.1 Å². The lowest BCUT2D eigenvalue weighted by Gasteiger charge is -2.39. The number of likely N-dealkylation sites (N-methyl/N-ethyl adjacent to an activating group) is 1. The number of nitrogens with one attached hydrogen (secondary N) is 1. The minimum Gasteiger partial charge on any atom is -0.508 e. The minimum atomic E-state index is -0.630. The molecule has 4 aromatic rings. The summed E-state index contributed by atoms with van der Waals surface area (Å²) < 4.78 is 0. The molecule has 0 aliphatic carbocycles. The van der Waals surface area contributed by atoms with Gasteiger partial charge in [0.05, 0.1) is 12.1 Å². The number of imide groups is 1. The normalized spacial score (nSPS) is 18.8. The molecule has 0 radical (unpaired) electrons. The van der Waals surface area contributed by atoms with E-state index in [1.165, 1.54) is 45.7 Å². The van der Waals surface area contributed by atoms with E-state index in [1.807, 2.05) is 30.3 Å². The van der Waals surface area contributed by atoms with E-state index in [1.54, 1.807) is 19.2 Å². The zero-order chi connectivity index (χ0) is 38.3. The summed E-state index contributed by atoms with van der Waals surface area (Å²) in [4.78, 5) is 50.5. The molecule has 3 saturated heterocycles. The van der Waals surface area contributed by atoms with Crippen molar-refractivity contribution in [2.24, 2.45) is 5.92 Å². The number of carbonyl (C=O) groups excluding carboxylic acids is 3. The fourth-order valence-electron chi connectivity index (χ4n) is 8.29. The number of hydrogen-bond donors (Lipinski definition) is 2. The Morgan fingerprint density at radius 1 is 0.782 bits per heavy atom. The molecule has 1 atom stereocenters. The Kier molecular flexibility index (Phi) is 11.9. The van der Waals surface area contributed by atoms with Crippen LogP contribution in [0.25, 0.3) is 11.1 Å². The van der Waals surface area contributed by atoms with Gasteiger partial charge in [-0.15, -0.1) is 0 Å². The van der Waals surface area contributed by atoms with Crippen LogP contribution < -0.4 is 15.1 Å². The topological polar surface area (TPSA) is 109 Å². The highest BCUT2D eigenvalue weighted by atomic mass is 16.3. The second kappa shape index (κ2) is 17.3. The lowest BCUT2D eigenvalue weighted by atomic mass is 9.88. The molecule has 0 spiro atoms. The highest BCUT2D eigenvalue weighted by Gasteiger charge is 2.32. The molecule has 0 bridgehead atoms. The number of phenols is 1. The molecule has 0 saturated carbocycles. The maximum atomic E-state index is 13.0. The summed E-state index contributed by atoms with van der Waals surface area (Å²) in [5.74, 6) is 0.922. The van der Waals surface area contributed by atoms with Gasteiger partial charge in [0.25, 0.3) is 0 Å². The van der Waals surface area contributed by atoms with Gasteiger partial charge in [-0.05, 0) is 95.8 Å². The summed E-state index contributed by atoms with van der Waals surface area (Å²) in [6.45, 7) is 9.13. The number of aromatic hydroxyl groups is 1. The molecule has 4 heterocycles. The first-order valence-electron chi connectivity index (χ1n) is 19.7. The molecular formula is C45H52N6O4. The van der Waals surface area contributed by atoms with Gasteiger partial charge in [0.15, 0.2) is 0 Å². The number of amides is 3. The van der Waals surface area contributed by atoms with E-state index in [-0.39, 0.29) is 30.4 Å². The van der Waals surface area contributed by atoms with Crippen molar-refractivity contribution in [2.75, 3.05) is 62.7 Å². The predicted molar refractivity (Wildman–Crippen MR) is 218 cm³/mol. The van der Waals surface area contributed by atoms with Crippen molar-refractivity contribution in [1.29, 1.82) is 0 Å². The number of allylic oxidation sites excluding steroid dienone is 1. The Morgan fingerprint density at radius 3 is 2.11 bits per heavy atom. The maximum Gasteiger partial charge on any atom is 0.249 e.